The van der Waals surface area contributed by atoms with Crippen LogP contribution in [0, 0.1) is 11.3 Å². The van der Waals surface area contributed by atoms with E-state index >= 15 is 0 Å². The molecule has 29 heavy (non-hydrogen) atoms. The Morgan fingerprint density at radius 2 is 1.90 bits per heavy atom. The number of hydrogen-bond donors (Lipinski definition) is 1. The largest absolute Gasteiger partial charge is 0.393 e. The summed E-state index contributed by atoms with van der Waals surface area (Å²) in [6.07, 6.45) is 2.02. The van der Waals surface area contributed by atoms with Crippen LogP contribution in [0.4, 0.5) is 0 Å². The minimum atomic E-state index is -0.258. The molecule has 0 radical (unpaired) electrons. The molecule has 1 aliphatic rings. The summed E-state index contributed by atoms with van der Waals surface area (Å²) in [6.45, 7) is 2.19. The lowest BCUT2D eigenvalue weighted by molar-refractivity contribution is 0.0661. The predicted molar refractivity (Wildman–Crippen MR) is 108 cm³/mol. The van der Waals surface area contributed by atoms with Gasteiger partial charge in [0.05, 0.1) is 23.8 Å². The number of piperidine rings is 1. The molecule has 1 saturated heterocycles. The second-order valence-electron chi connectivity index (χ2n) is 7.40. The Hall–Kier alpha value is -3.08. The summed E-state index contributed by atoms with van der Waals surface area (Å²) in [4.78, 5) is 2.30. The van der Waals surface area contributed by atoms with E-state index in [0.717, 1.165) is 43.7 Å². The highest BCUT2D eigenvalue weighted by Gasteiger charge is 2.30. The molecule has 0 bridgehead atoms. The van der Waals surface area contributed by atoms with Gasteiger partial charge in [-0.05, 0) is 52.9 Å². The summed E-state index contributed by atoms with van der Waals surface area (Å²) in [5, 5.41) is 31.9. The summed E-state index contributed by atoms with van der Waals surface area (Å²) >= 11 is 0. The summed E-state index contributed by atoms with van der Waals surface area (Å²) in [5.74, 6) is 0.771. The second kappa shape index (κ2) is 8.95. The van der Waals surface area contributed by atoms with E-state index in [9.17, 15) is 10.4 Å². The van der Waals surface area contributed by atoms with E-state index < -0.39 is 0 Å². The third-order valence-electron chi connectivity index (χ3n) is 5.45. The van der Waals surface area contributed by atoms with Crippen molar-refractivity contribution < 1.29 is 5.11 Å². The number of aliphatic hydroxyl groups is 1. The van der Waals surface area contributed by atoms with Gasteiger partial charge in [-0.3, -0.25) is 4.90 Å². The molecule has 3 aromatic rings. The van der Waals surface area contributed by atoms with E-state index in [4.69, 9.17) is 0 Å². The Morgan fingerprint density at radius 1 is 1.10 bits per heavy atom. The first-order valence-electron chi connectivity index (χ1n) is 9.97. The molecule has 1 N–H and O–H groups in total. The maximum absolute atomic E-state index is 9.94. The molecule has 4 rings (SSSR count). The normalized spacial score (nSPS) is 16.4. The zero-order valence-electron chi connectivity index (χ0n) is 16.2. The molecule has 1 atom stereocenters. The van der Waals surface area contributed by atoms with Crippen LogP contribution in [0.3, 0.4) is 0 Å². The fourth-order valence-electron chi connectivity index (χ4n) is 3.89. The van der Waals surface area contributed by atoms with Gasteiger partial charge in [0, 0.05) is 19.6 Å². The van der Waals surface area contributed by atoms with Gasteiger partial charge in [0.2, 0.25) is 0 Å². The van der Waals surface area contributed by atoms with Gasteiger partial charge in [0.1, 0.15) is 0 Å². The molecule has 7 heteroatoms. The van der Waals surface area contributed by atoms with Crippen LogP contribution in [0.15, 0.2) is 54.6 Å². The molecule has 0 aliphatic carbocycles. The van der Waals surface area contributed by atoms with E-state index in [0.29, 0.717) is 12.1 Å². The number of aryl methyl sites for hydroxylation is 2. The van der Waals surface area contributed by atoms with Crippen molar-refractivity contribution >= 4 is 0 Å². The van der Waals surface area contributed by atoms with Gasteiger partial charge < -0.3 is 5.11 Å². The maximum atomic E-state index is 9.94. The molecular formula is C22H24N6O. The van der Waals surface area contributed by atoms with Gasteiger partial charge in [-0.2, -0.15) is 5.26 Å². The van der Waals surface area contributed by atoms with Crippen molar-refractivity contribution in [3.05, 3.63) is 77.1 Å². The highest BCUT2D eigenvalue weighted by Crippen LogP contribution is 2.30. The molecule has 1 aliphatic heterocycles. The second-order valence-corrected chi connectivity index (χ2v) is 7.40. The first kappa shape index (κ1) is 19.2. The zero-order valence-corrected chi connectivity index (χ0v) is 16.2. The lowest BCUT2D eigenvalue weighted by Crippen LogP contribution is -2.40. The number of nitriles is 1. The third-order valence-corrected chi connectivity index (χ3v) is 5.45. The zero-order chi connectivity index (χ0) is 20.1. The fraction of sp³-hybridized carbons (Fsp3) is 0.364. The first-order valence-corrected chi connectivity index (χ1v) is 9.97. The van der Waals surface area contributed by atoms with Crippen LogP contribution in [-0.4, -0.2) is 49.4 Å². The topological polar surface area (TPSA) is 90.9 Å². The van der Waals surface area contributed by atoms with Gasteiger partial charge in [0.15, 0.2) is 5.82 Å². The molecule has 1 fully saturated rings. The summed E-state index contributed by atoms with van der Waals surface area (Å²) in [6, 6.07) is 20.0. The number of rotatable bonds is 6. The molecule has 2 aromatic carbocycles. The minimum absolute atomic E-state index is 0.151. The summed E-state index contributed by atoms with van der Waals surface area (Å²) < 4.78 is 1.86. The molecular weight excluding hydrogens is 364 g/mol. The monoisotopic (exact) mass is 388 g/mol. The smallest absolute Gasteiger partial charge is 0.173 e. The number of likely N-dealkylation sites (tertiary alicyclic amines) is 1. The average molecular weight is 388 g/mol. The molecule has 148 valence electrons. The maximum Gasteiger partial charge on any atom is 0.173 e. The van der Waals surface area contributed by atoms with Crippen LogP contribution in [0.5, 0.6) is 0 Å². The van der Waals surface area contributed by atoms with Crippen molar-refractivity contribution in [2.24, 2.45) is 0 Å². The Morgan fingerprint density at radius 3 is 2.66 bits per heavy atom. The number of benzene rings is 2. The number of aromatic nitrogens is 4. The van der Waals surface area contributed by atoms with Crippen LogP contribution >= 0.6 is 0 Å². The van der Waals surface area contributed by atoms with Gasteiger partial charge in [-0.1, -0.05) is 42.5 Å². The van der Waals surface area contributed by atoms with Crippen LogP contribution in [-0.2, 0) is 13.0 Å². The van der Waals surface area contributed by atoms with Crippen molar-refractivity contribution in [2.45, 2.75) is 38.0 Å². The average Bonchev–Trinajstić information content (AvgIpc) is 3.23. The van der Waals surface area contributed by atoms with Crippen LogP contribution in [0.1, 0.15) is 41.4 Å². The van der Waals surface area contributed by atoms with E-state index in [-0.39, 0.29) is 12.1 Å². The van der Waals surface area contributed by atoms with Crippen LogP contribution < -0.4 is 0 Å². The van der Waals surface area contributed by atoms with Gasteiger partial charge in [-0.15, -0.1) is 5.10 Å². The van der Waals surface area contributed by atoms with Crippen molar-refractivity contribution in [3.8, 4) is 6.07 Å². The molecule has 0 saturated carbocycles. The van der Waals surface area contributed by atoms with Crippen molar-refractivity contribution in [3.63, 3.8) is 0 Å². The Labute approximate surface area is 170 Å². The third kappa shape index (κ3) is 4.50. The minimum Gasteiger partial charge on any atom is -0.393 e. The van der Waals surface area contributed by atoms with E-state index in [1.807, 2.05) is 41.1 Å². The highest BCUT2D eigenvalue weighted by atomic mass is 16.3. The van der Waals surface area contributed by atoms with Crippen molar-refractivity contribution in [1.82, 2.24) is 25.1 Å². The number of aliphatic hydroxyl groups excluding tert-OH is 1. The van der Waals surface area contributed by atoms with Crippen molar-refractivity contribution in [1.29, 1.82) is 5.26 Å². The van der Waals surface area contributed by atoms with Gasteiger partial charge >= 0.3 is 0 Å². The first-order chi connectivity index (χ1) is 14.2. The fourth-order valence-corrected chi connectivity index (χ4v) is 3.89. The lowest BCUT2D eigenvalue weighted by Gasteiger charge is -2.35. The van der Waals surface area contributed by atoms with E-state index in [2.05, 4.69) is 38.6 Å². The molecule has 0 spiro atoms. The van der Waals surface area contributed by atoms with Gasteiger partial charge in [-0.25, -0.2) is 4.68 Å². The van der Waals surface area contributed by atoms with Gasteiger partial charge in [0.25, 0.3) is 0 Å². The number of hydrogen-bond acceptors (Lipinski definition) is 6. The molecule has 2 heterocycles. The standard InChI is InChI=1S/C22H24N6O/c23-16-18-7-4-8-19(15-18)21(27-12-10-20(29)11-13-27)22-24-25-26-28(22)14-9-17-5-2-1-3-6-17/h1-8,15,20-21,29H,9-14H2/t21-/m0/s1. The lowest BCUT2D eigenvalue weighted by atomic mass is 9.98. The van der Waals surface area contributed by atoms with Crippen LogP contribution in [0.25, 0.3) is 0 Å². The molecule has 1 aromatic heterocycles. The summed E-state index contributed by atoms with van der Waals surface area (Å²) in [7, 11) is 0. The van der Waals surface area contributed by atoms with Crippen molar-refractivity contribution in [2.75, 3.05) is 13.1 Å². The Balaban J connectivity index is 1.64. The van der Waals surface area contributed by atoms with E-state index in [1.165, 1.54) is 5.56 Å². The van der Waals surface area contributed by atoms with Crippen LogP contribution in [0.2, 0.25) is 0 Å². The Bertz CT molecular complexity index is 972. The number of nitrogens with zero attached hydrogens (tertiary/aromatic N) is 6. The highest BCUT2D eigenvalue weighted by molar-refractivity contribution is 5.36. The number of tetrazole rings is 1. The van der Waals surface area contributed by atoms with E-state index in [1.54, 1.807) is 6.07 Å². The molecule has 7 nitrogen and oxygen atoms in total. The molecule has 0 amide bonds. The Kier molecular flexibility index (Phi) is 5.94. The SMILES string of the molecule is N#Cc1cccc([C@@H](c2nnnn2CCc2ccccc2)N2CCC(O)CC2)c1. The molecule has 0 unspecified atom stereocenters. The quantitative estimate of drug-likeness (QED) is 0.697. The predicted octanol–water partition coefficient (Wildman–Crippen LogP) is 2.33. The summed E-state index contributed by atoms with van der Waals surface area (Å²) in [5.41, 5.74) is 2.85.